The van der Waals surface area contributed by atoms with Crippen molar-refractivity contribution in [1.82, 2.24) is 9.88 Å². The second-order valence-corrected chi connectivity index (χ2v) is 8.21. The van der Waals surface area contributed by atoms with Crippen molar-refractivity contribution in [3.63, 3.8) is 0 Å². The van der Waals surface area contributed by atoms with Gasteiger partial charge >= 0.3 is 5.97 Å². The number of hydrogen-bond donors (Lipinski definition) is 1. The van der Waals surface area contributed by atoms with Gasteiger partial charge in [-0.2, -0.15) is 0 Å². The number of aromatic amines is 1. The topological polar surface area (TPSA) is 79.5 Å². The van der Waals surface area contributed by atoms with E-state index < -0.39 is 12.1 Å². The Labute approximate surface area is 194 Å². The minimum absolute atomic E-state index is 0.126. The third-order valence-electron chi connectivity index (χ3n) is 5.67. The van der Waals surface area contributed by atoms with E-state index in [0.717, 1.165) is 11.1 Å². The molecule has 0 saturated carbocycles. The Morgan fingerprint density at radius 3 is 2.06 bits per heavy atom. The summed E-state index contributed by atoms with van der Waals surface area (Å²) in [6.07, 6.45) is -0.280. The lowest BCUT2D eigenvalue weighted by atomic mass is 10.1. The number of esters is 1. The van der Waals surface area contributed by atoms with Crippen LogP contribution in [-0.2, 0) is 22.5 Å². The molecule has 0 unspecified atom stereocenters. The number of rotatable bonds is 9. The van der Waals surface area contributed by atoms with Gasteiger partial charge in [-0.3, -0.25) is 9.59 Å². The van der Waals surface area contributed by atoms with Gasteiger partial charge in [0.1, 0.15) is 5.69 Å². The maximum atomic E-state index is 13.3. The number of benzene rings is 2. The van der Waals surface area contributed by atoms with Gasteiger partial charge in [0.2, 0.25) is 0 Å². The van der Waals surface area contributed by atoms with Crippen LogP contribution in [0.25, 0.3) is 0 Å². The number of amides is 1. The highest BCUT2D eigenvalue weighted by molar-refractivity contribution is 6.01. The fraction of sp³-hybridized carbons (Fsp3) is 0.296. The maximum absolute atomic E-state index is 13.3. The molecule has 0 radical (unpaired) electrons. The molecule has 172 valence electrons. The predicted octanol–water partition coefficient (Wildman–Crippen LogP) is 4.65. The lowest BCUT2D eigenvalue weighted by molar-refractivity contribution is -0.140. The van der Waals surface area contributed by atoms with Crippen LogP contribution in [0.15, 0.2) is 60.7 Å². The summed E-state index contributed by atoms with van der Waals surface area (Å²) < 4.78 is 5.53. The highest BCUT2D eigenvalue weighted by atomic mass is 16.5. The molecule has 0 aliphatic rings. The Bertz CT molecular complexity index is 1120. The maximum Gasteiger partial charge on any atom is 0.355 e. The van der Waals surface area contributed by atoms with E-state index in [2.05, 4.69) is 4.98 Å². The van der Waals surface area contributed by atoms with Crippen molar-refractivity contribution in [1.29, 1.82) is 0 Å². The number of nitrogens with zero attached hydrogens (tertiary/aromatic N) is 1. The lowest BCUT2D eigenvalue weighted by Gasteiger charge is -2.26. The number of ether oxygens (including phenoxy) is 1. The van der Waals surface area contributed by atoms with Crippen LogP contribution in [0.5, 0.6) is 0 Å². The van der Waals surface area contributed by atoms with Crippen molar-refractivity contribution in [2.75, 3.05) is 6.54 Å². The second kappa shape index (κ2) is 10.8. The van der Waals surface area contributed by atoms with Crippen LogP contribution in [-0.4, -0.2) is 40.2 Å². The van der Waals surface area contributed by atoms with Crippen molar-refractivity contribution >= 4 is 17.7 Å². The van der Waals surface area contributed by atoms with Gasteiger partial charge in [0, 0.05) is 24.3 Å². The van der Waals surface area contributed by atoms with Crippen LogP contribution < -0.4 is 0 Å². The van der Waals surface area contributed by atoms with E-state index in [-0.39, 0.29) is 17.4 Å². The quantitative estimate of drug-likeness (QED) is 0.383. The normalized spacial score (nSPS) is 11.6. The summed E-state index contributed by atoms with van der Waals surface area (Å²) in [4.78, 5) is 42.6. The zero-order valence-electron chi connectivity index (χ0n) is 19.6. The summed E-state index contributed by atoms with van der Waals surface area (Å²) in [7, 11) is 0. The van der Waals surface area contributed by atoms with E-state index in [1.165, 1.54) is 6.92 Å². The van der Waals surface area contributed by atoms with Crippen molar-refractivity contribution in [3.8, 4) is 0 Å². The Morgan fingerprint density at radius 1 is 0.939 bits per heavy atom. The number of aromatic nitrogens is 1. The number of carbonyl (C=O) groups is 3. The molecule has 1 amide bonds. The van der Waals surface area contributed by atoms with Crippen molar-refractivity contribution < 1.29 is 19.1 Å². The molecule has 0 aliphatic heterocycles. The van der Waals surface area contributed by atoms with Crippen LogP contribution in [0.3, 0.4) is 0 Å². The molecule has 33 heavy (non-hydrogen) atoms. The molecule has 3 rings (SSSR count). The summed E-state index contributed by atoms with van der Waals surface area (Å²) in [6, 6.07) is 19.7. The summed E-state index contributed by atoms with van der Waals surface area (Å²) in [5.41, 5.74) is 3.96. The summed E-state index contributed by atoms with van der Waals surface area (Å²) in [5, 5.41) is 0. The van der Waals surface area contributed by atoms with Crippen LogP contribution in [0, 0.1) is 13.8 Å². The molecule has 6 heteroatoms. The van der Waals surface area contributed by atoms with Gasteiger partial charge in [0.25, 0.3) is 5.91 Å². The number of hydrogen-bond acceptors (Lipinski definition) is 4. The Balaban J connectivity index is 1.74. The smallest absolute Gasteiger partial charge is 0.355 e. The van der Waals surface area contributed by atoms with Gasteiger partial charge in [-0.05, 0) is 50.8 Å². The van der Waals surface area contributed by atoms with Crippen molar-refractivity contribution in [3.05, 3.63) is 94.3 Å². The number of nitrogens with one attached hydrogen (secondary N) is 1. The predicted molar refractivity (Wildman–Crippen MR) is 127 cm³/mol. The van der Waals surface area contributed by atoms with Gasteiger partial charge in [-0.1, -0.05) is 60.7 Å². The Kier molecular flexibility index (Phi) is 7.83. The van der Waals surface area contributed by atoms with Crippen molar-refractivity contribution in [2.24, 2.45) is 0 Å². The fourth-order valence-electron chi connectivity index (χ4n) is 3.99. The monoisotopic (exact) mass is 446 g/mol. The molecule has 1 atom stereocenters. The van der Waals surface area contributed by atoms with Crippen LogP contribution >= 0.6 is 0 Å². The first-order chi connectivity index (χ1) is 15.8. The molecule has 0 saturated heterocycles. The fourth-order valence-corrected chi connectivity index (χ4v) is 3.99. The molecule has 6 nitrogen and oxygen atoms in total. The first kappa shape index (κ1) is 24.0. The van der Waals surface area contributed by atoms with Gasteiger partial charge in [-0.25, -0.2) is 4.79 Å². The average molecular weight is 447 g/mol. The highest BCUT2D eigenvalue weighted by Gasteiger charge is 2.27. The van der Waals surface area contributed by atoms with Gasteiger partial charge in [0.15, 0.2) is 11.9 Å². The zero-order valence-corrected chi connectivity index (χ0v) is 19.6. The summed E-state index contributed by atoms with van der Waals surface area (Å²) in [6.45, 7) is 7.39. The number of H-pyrrole nitrogens is 1. The molecule has 2 aromatic carbocycles. The lowest BCUT2D eigenvalue weighted by Crippen LogP contribution is -2.40. The first-order valence-corrected chi connectivity index (χ1v) is 11.1. The van der Waals surface area contributed by atoms with E-state index >= 15 is 0 Å². The van der Waals surface area contributed by atoms with Crippen molar-refractivity contribution in [2.45, 2.75) is 46.8 Å². The zero-order chi connectivity index (χ0) is 24.0. The van der Waals surface area contributed by atoms with Crippen LogP contribution in [0.4, 0.5) is 0 Å². The highest BCUT2D eigenvalue weighted by Crippen LogP contribution is 2.20. The Hall–Kier alpha value is -3.67. The molecular weight excluding hydrogens is 416 g/mol. The number of ketones is 1. The minimum Gasteiger partial charge on any atom is -0.448 e. The first-order valence-electron chi connectivity index (χ1n) is 11.1. The molecule has 1 heterocycles. The molecule has 0 fully saturated rings. The molecule has 0 spiro atoms. The van der Waals surface area contributed by atoms with E-state index in [4.69, 9.17) is 4.74 Å². The van der Waals surface area contributed by atoms with E-state index in [0.29, 0.717) is 36.3 Å². The summed E-state index contributed by atoms with van der Waals surface area (Å²) in [5.74, 6) is -1.04. The molecule has 3 aromatic rings. The standard InChI is InChI=1S/C27H30N2O4/c1-18-24(20(3)30)19(2)28-25(18)27(32)33-21(4)26(31)29(17-23-13-9-6-10-14-23)16-15-22-11-7-5-8-12-22/h5-14,21,28H,15-17H2,1-4H3/t21-/m0/s1. The van der Waals surface area contributed by atoms with E-state index in [9.17, 15) is 14.4 Å². The number of aryl methyl sites for hydroxylation is 1. The minimum atomic E-state index is -0.972. The Morgan fingerprint density at radius 2 is 1.52 bits per heavy atom. The van der Waals surface area contributed by atoms with Gasteiger partial charge < -0.3 is 14.6 Å². The van der Waals surface area contributed by atoms with Gasteiger partial charge in [0.05, 0.1) is 0 Å². The SMILES string of the molecule is CC(=O)c1c(C)[nH]c(C(=O)O[C@@H](C)C(=O)N(CCc2ccccc2)Cc2ccccc2)c1C. The van der Waals surface area contributed by atoms with Crippen LogP contribution in [0.2, 0.25) is 0 Å². The third kappa shape index (κ3) is 5.98. The second-order valence-electron chi connectivity index (χ2n) is 8.21. The average Bonchev–Trinajstić information content (AvgIpc) is 3.11. The number of carbonyl (C=O) groups excluding carboxylic acids is 3. The summed E-state index contributed by atoms with van der Waals surface area (Å²) >= 11 is 0. The third-order valence-corrected chi connectivity index (χ3v) is 5.67. The van der Waals surface area contributed by atoms with E-state index in [1.54, 1.807) is 25.7 Å². The molecule has 0 aliphatic carbocycles. The van der Waals surface area contributed by atoms with E-state index in [1.807, 2.05) is 60.7 Å². The molecule has 0 bridgehead atoms. The largest absolute Gasteiger partial charge is 0.448 e. The number of Topliss-reactive ketones (excluding diaryl/α,β-unsaturated/α-hetero) is 1. The van der Waals surface area contributed by atoms with Gasteiger partial charge in [-0.15, -0.1) is 0 Å². The molecular formula is C27H30N2O4. The van der Waals surface area contributed by atoms with Crippen LogP contribution in [0.1, 0.15) is 57.1 Å². The molecule has 1 aromatic heterocycles. The molecule has 1 N–H and O–H groups in total.